The van der Waals surface area contributed by atoms with Gasteiger partial charge in [0, 0.05) is 35.3 Å². The first-order chi connectivity index (χ1) is 12.2. The maximum absolute atomic E-state index is 13.1. The molecule has 3 aromatic rings. The molecule has 0 fully saturated rings. The summed E-state index contributed by atoms with van der Waals surface area (Å²) in [5, 5.41) is 9.93. The lowest BCUT2D eigenvalue weighted by Gasteiger charge is -2.08. The van der Waals surface area contributed by atoms with Crippen LogP contribution in [0.3, 0.4) is 0 Å². The Labute approximate surface area is 148 Å². The molecule has 1 N–H and O–H groups in total. The fourth-order valence-corrected chi connectivity index (χ4v) is 3.47. The highest BCUT2D eigenvalue weighted by Gasteiger charge is 2.20. The fourth-order valence-electron chi connectivity index (χ4n) is 3.47. The molecule has 25 heavy (non-hydrogen) atoms. The largest absolute Gasteiger partial charge is 0.396 e. The number of aromatic nitrogens is 1. The third-order valence-corrected chi connectivity index (χ3v) is 4.78. The molecule has 0 saturated heterocycles. The lowest BCUT2D eigenvalue weighted by molar-refractivity contribution is 0.103. The van der Waals surface area contributed by atoms with E-state index in [0.29, 0.717) is 0 Å². The maximum Gasteiger partial charge on any atom is 0.195 e. The Bertz CT molecular complexity index is 849. The second kappa shape index (κ2) is 8.13. The van der Waals surface area contributed by atoms with Crippen molar-refractivity contribution in [3.8, 4) is 0 Å². The highest BCUT2D eigenvalue weighted by Crippen LogP contribution is 2.28. The molecule has 1 heterocycles. The number of aliphatic hydroxyl groups excluding tert-OH is 1. The van der Waals surface area contributed by atoms with Gasteiger partial charge in [0.15, 0.2) is 5.78 Å². The first kappa shape index (κ1) is 17.4. The van der Waals surface area contributed by atoms with Gasteiger partial charge in [-0.2, -0.15) is 0 Å². The van der Waals surface area contributed by atoms with Crippen LogP contribution in [0.1, 0.15) is 47.3 Å². The smallest absolute Gasteiger partial charge is 0.195 e. The Morgan fingerprint density at radius 1 is 0.920 bits per heavy atom. The molecule has 130 valence electrons. The topological polar surface area (TPSA) is 42.2 Å². The molecule has 0 bridgehead atoms. The quantitative estimate of drug-likeness (QED) is 0.477. The SMILES string of the molecule is Cc1c(C(=O)c2ccccc2)c2ccccc2n1CCCCCCO. The van der Waals surface area contributed by atoms with E-state index in [9.17, 15) is 4.79 Å². The van der Waals surface area contributed by atoms with Crippen LogP contribution in [-0.2, 0) is 6.54 Å². The second-order valence-corrected chi connectivity index (χ2v) is 6.46. The molecule has 0 atom stereocenters. The van der Waals surface area contributed by atoms with Gasteiger partial charge >= 0.3 is 0 Å². The Kier molecular flexibility index (Phi) is 5.67. The number of rotatable bonds is 8. The molecule has 3 nitrogen and oxygen atoms in total. The number of para-hydroxylation sites is 1. The molecule has 0 spiro atoms. The van der Waals surface area contributed by atoms with E-state index in [-0.39, 0.29) is 12.4 Å². The minimum Gasteiger partial charge on any atom is -0.396 e. The van der Waals surface area contributed by atoms with E-state index in [2.05, 4.69) is 10.6 Å². The van der Waals surface area contributed by atoms with Crippen molar-refractivity contribution in [1.29, 1.82) is 0 Å². The predicted molar refractivity (Wildman–Crippen MR) is 102 cm³/mol. The second-order valence-electron chi connectivity index (χ2n) is 6.46. The lowest BCUT2D eigenvalue weighted by Crippen LogP contribution is -2.05. The third-order valence-electron chi connectivity index (χ3n) is 4.78. The van der Waals surface area contributed by atoms with E-state index in [0.717, 1.165) is 60.0 Å². The van der Waals surface area contributed by atoms with Crippen LogP contribution >= 0.6 is 0 Å². The normalized spacial score (nSPS) is 11.1. The van der Waals surface area contributed by atoms with E-state index in [4.69, 9.17) is 5.11 Å². The van der Waals surface area contributed by atoms with Gasteiger partial charge in [-0.3, -0.25) is 4.79 Å². The van der Waals surface area contributed by atoms with Crippen LogP contribution < -0.4 is 0 Å². The summed E-state index contributed by atoms with van der Waals surface area (Å²) in [6.45, 7) is 3.21. The van der Waals surface area contributed by atoms with Crippen LogP contribution in [0.15, 0.2) is 54.6 Å². The number of aliphatic hydroxyl groups is 1. The van der Waals surface area contributed by atoms with Crippen molar-refractivity contribution in [2.24, 2.45) is 0 Å². The highest BCUT2D eigenvalue weighted by atomic mass is 16.2. The highest BCUT2D eigenvalue weighted by molar-refractivity contribution is 6.17. The van der Waals surface area contributed by atoms with Gasteiger partial charge in [-0.25, -0.2) is 0 Å². The lowest BCUT2D eigenvalue weighted by atomic mass is 10.0. The van der Waals surface area contributed by atoms with Crippen LogP contribution in [-0.4, -0.2) is 22.1 Å². The monoisotopic (exact) mass is 335 g/mol. The molecule has 0 radical (unpaired) electrons. The zero-order valence-electron chi connectivity index (χ0n) is 14.7. The molecular weight excluding hydrogens is 310 g/mol. The number of carbonyl (C=O) groups excluding carboxylic acids is 1. The number of fused-ring (bicyclic) bond motifs is 1. The van der Waals surface area contributed by atoms with Crippen molar-refractivity contribution in [3.05, 3.63) is 71.4 Å². The molecule has 3 heteroatoms. The van der Waals surface area contributed by atoms with Crippen LogP contribution in [0.2, 0.25) is 0 Å². The summed E-state index contributed by atoms with van der Waals surface area (Å²) < 4.78 is 2.27. The Morgan fingerprint density at radius 2 is 1.60 bits per heavy atom. The summed E-state index contributed by atoms with van der Waals surface area (Å²) in [4.78, 5) is 13.1. The molecule has 0 aliphatic carbocycles. The Morgan fingerprint density at radius 3 is 2.36 bits per heavy atom. The summed E-state index contributed by atoms with van der Waals surface area (Å²) in [5.74, 6) is 0.0910. The number of hydrogen-bond donors (Lipinski definition) is 1. The third kappa shape index (κ3) is 3.67. The number of benzene rings is 2. The van der Waals surface area contributed by atoms with E-state index in [1.165, 1.54) is 0 Å². The fraction of sp³-hybridized carbons (Fsp3) is 0.318. The standard InChI is InChI=1S/C22H25NO2/c1-17-21(22(25)18-11-5-4-6-12-18)19-13-7-8-14-20(19)23(17)15-9-2-3-10-16-24/h4-8,11-14,24H,2-3,9-10,15-16H2,1H3. The number of carbonyl (C=O) groups is 1. The van der Waals surface area contributed by atoms with E-state index in [1.807, 2.05) is 55.5 Å². The number of unbranched alkanes of at least 4 members (excludes halogenated alkanes) is 3. The van der Waals surface area contributed by atoms with Crippen LogP contribution in [0, 0.1) is 6.92 Å². The Hall–Kier alpha value is -2.39. The van der Waals surface area contributed by atoms with Gasteiger partial charge in [0.25, 0.3) is 0 Å². The molecule has 2 aromatic carbocycles. The molecule has 0 unspecified atom stereocenters. The molecule has 1 aromatic heterocycles. The van der Waals surface area contributed by atoms with Crippen molar-refractivity contribution < 1.29 is 9.90 Å². The van der Waals surface area contributed by atoms with E-state index in [1.54, 1.807) is 0 Å². The molecule has 0 aliphatic rings. The van der Waals surface area contributed by atoms with Crippen LogP contribution in [0.5, 0.6) is 0 Å². The maximum atomic E-state index is 13.1. The van der Waals surface area contributed by atoms with Gasteiger partial charge in [0.2, 0.25) is 0 Å². The molecule has 0 amide bonds. The van der Waals surface area contributed by atoms with Crippen molar-refractivity contribution in [3.63, 3.8) is 0 Å². The molecule has 3 rings (SSSR count). The van der Waals surface area contributed by atoms with E-state index < -0.39 is 0 Å². The number of hydrogen-bond acceptors (Lipinski definition) is 2. The predicted octanol–water partition coefficient (Wildman–Crippen LogP) is 4.73. The first-order valence-electron chi connectivity index (χ1n) is 9.02. The van der Waals surface area contributed by atoms with Gasteiger partial charge in [-0.15, -0.1) is 0 Å². The summed E-state index contributed by atoms with van der Waals surface area (Å²) >= 11 is 0. The Balaban J connectivity index is 1.94. The summed E-state index contributed by atoms with van der Waals surface area (Å²) in [6, 6.07) is 17.7. The average molecular weight is 335 g/mol. The molecule has 0 saturated carbocycles. The zero-order valence-corrected chi connectivity index (χ0v) is 14.7. The van der Waals surface area contributed by atoms with Crippen LogP contribution in [0.4, 0.5) is 0 Å². The minimum atomic E-state index is 0.0910. The van der Waals surface area contributed by atoms with Gasteiger partial charge in [-0.05, 0) is 25.8 Å². The number of ketones is 1. The minimum absolute atomic E-state index is 0.0910. The van der Waals surface area contributed by atoms with Gasteiger partial charge < -0.3 is 9.67 Å². The van der Waals surface area contributed by atoms with Crippen molar-refractivity contribution in [2.45, 2.75) is 39.2 Å². The van der Waals surface area contributed by atoms with Crippen LogP contribution in [0.25, 0.3) is 10.9 Å². The van der Waals surface area contributed by atoms with Crippen molar-refractivity contribution in [2.75, 3.05) is 6.61 Å². The van der Waals surface area contributed by atoms with Gasteiger partial charge in [-0.1, -0.05) is 61.4 Å². The van der Waals surface area contributed by atoms with Gasteiger partial charge in [0.1, 0.15) is 0 Å². The first-order valence-corrected chi connectivity index (χ1v) is 9.02. The molecule has 0 aliphatic heterocycles. The average Bonchev–Trinajstić information content (AvgIpc) is 2.93. The number of aryl methyl sites for hydroxylation is 1. The summed E-state index contributed by atoms with van der Waals surface area (Å²) in [7, 11) is 0. The van der Waals surface area contributed by atoms with E-state index >= 15 is 0 Å². The zero-order chi connectivity index (χ0) is 17.6. The summed E-state index contributed by atoms with van der Waals surface area (Å²) in [6.07, 6.45) is 4.06. The summed E-state index contributed by atoms with van der Waals surface area (Å²) in [5.41, 5.74) is 3.72. The van der Waals surface area contributed by atoms with Crippen molar-refractivity contribution in [1.82, 2.24) is 4.57 Å². The van der Waals surface area contributed by atoms with Crippen molar-refractivity contribution >= 4 is 16.7 Å². The molecular formula is C22H25NO2. The number of nitrogens with zero attached hydrogens (tertiary/aromatic N) is 1. The van der Waals surface area contributed by atoms with Gasteiger partial charge in [0.05, 0.1) is 5.56 Å².